The first-order valence-corrected chi connectivity index (χ1v) is 8.80. The fourth-order valence-electron chi connectivity index (χ4n) is 1.14. The number of hydrogen-bond acceptors (Lipinski definition) is 7. The average molecular weight is 340 g/mol. The summed E-state index contributed by atoms with van der Waals surface area (Å²) in [6, 6.07) is 5.37. The molecular weight excluding hydrogens is 334 g/mol. The highest BCUT2D eigenvalue weighted by atomic mass is 35.5. The molecule has 2 N–H and O–H groups in total. The Labute approximate surface area is 118 Å². The summed E-state index contributed by atoms with van der Waals surface area (Å²) in [4.78, 5) is -0.0611. The fourth-order valence-corrected chi connectivity index (χ4v) is 4.40. The lowest BCUT2D eigenvalue weighted by Crippen LogP contribution is -2.11. The van der Waals surface area contributed by atoms with E-state index in [0.717, 1.165) is 0 Å². The predicted molar refractivity (Wildman–Crippen MR) is 68.2 cm³/mol. The molecule has 0 atom stereocenters. The van der Waals surface area contributed by atoms with Crippen molar-refractivity contribution in [1.82, 2.24) is 10.2 Å². The van der Waals surface area contributed by atoms with E-state index in [1.807, 2.05) is 0 Å². The van der Waals surface area contributed by atoms with Crippen molar-refractivity contribution in [3.63, 3.8) is 0 Å². The molecule has 1 aromatic carbocycles. The Morgan fingerprint density at radius 2 is 1.53 bits per heavy atom. The zero-order valence-electron chi connectivity index (χ0n) is 9.02. The van der Waals surface area contributed by atoms with Gasteiger partial charge in [0.2, 0.25) is 18.5 Å². The molecule has 1 heterocycles. The number of primary sulfonamides is 1. The molecule has 1 aromatic heterocycles. The Balaban J connectivity index is 2.51. The minimum absolute atomic E-state index is 0.0611. The highest BCUT2D eigenvalue weighted by Gasteiger charge is 2.25. The molecule has 2 rings (SSSR count). The second-order valence-corrected chi connectivity index (χ2v) is 8.61. The van der Waals surface area contributed by atoms with Crippen LogP contribution in [0.3, 0.4) is 0 Å². The maximum Gasteiger partial charge on any atom is 0.267 e. The largest absolute Gasteiger partial charge is 0.267 e. The summed E-state index contributed by atoms with van der Waals surface area (Å²) < 4.78 is 45.3. The number of aromatic nitrogens is 2. The molecule has 0 radical (unpaired) electrons. The highest BCUT2D eigenvalue weighted by Crippen LogP contribution is 2.26. The van der Waals surface area contributed by atoms with Crippen molar-refractivity contribution >= 4 is 42.8 Å². The second-order valence-electron chi connectivity index (χ2n) is 3.34. The number of halogens is 1. The molecule has 0 bridgehead atoms. The van der Waals surface area contributed by atoms with Crippen molar-refractivity contribution in [2.75, 3.05) is 0 Å². The van der Waals surface area contributed by atoms with Crippen molar-refractivity contribution in [3.05, 3.63) is 29.3 Å². The minimum atomic E-state index is -4.07. The van der Waals surface area contributed by atoms with Crippen molar-refractivity contribution in [3.8, 4) is 0 Å². The van der Waals surface area contributed by atoms with E-state index in [-0.39, 0.29) is 4.90 Å². The highest BCUT2D eigenvalue weighted by molar-refractivity contribution is 7.95. The molecule has 0 aliphatic heterocycles. The third-order valence-corrected chi connectivity index (χ3v) is 6.61. The van der Waals surface area contributed by atoms with Gasteiger partial charge in [-0.15, -0.1) is 10.2 Å². The van der Waals surface area contributed by atoms with Gasteiger partial charge in [0.05, 0.1) is 4.90 Å². The summed E-state index contributed by atoms with van der Waals surface area (Å²) in [6.07, 6.45) is 0. The molecule has 0 spiro atoms. The van der Waals surface area contributed by atoms with Crippen LogP contribution in [-0.2, 0) is 19.9 Å². The summed E-state index contributed by atoms with van der Waals surface area (Å²) in [5, 5.41) is 11.8. The van der Waals surface area contributed by atoms with Gasteiger partial charge in [0.1, 0.15) is 0 Å². The van der Waals surface area contributed by atoms with Gasteiger partial charge in [-0.25, -0.2) is 22.0 Å². The molecule has 0 saturated heterocycles. The maximum atomic E-state index is 12.1. The van der Waals surface area contributed by atoms with Crippen LogP contribution in [0.1, 0.15) is 0 Å². The van der Waals surface area contributed by atoms with E-state index in [9.17, 15) is 16.8 Å². The van der Waals surface area contributed by atoms with E-state index in [2.05, 4.69) is 10.2 Å². The van der Waals surface area contributed by atoms with Gasteiger partial charge in [-0.1, -0.05) is 22.9 Å². The van der Waals surface area contributed by atoms with Gasteiger partial charge < -0.3 is 0 Å². The van der Waals surface area contributed by atoms with Crippen LogP contribution in [0.15, 0.2) is 37.8 Å². The molecule has 0 aliphatic rings. The second kappa shape index (κ2) is 4.80. The molecule has 2 aromatic rings. The molecule has 11 heteroatoms. The average Bonchev–Trinajstić information content (AvgIpc) is 2.79. The lowest BCUT2D eigenvalue weighted by molar-refractivity contribution is 0.590. The Bertz CT molecular complexity index is 811. The molecule has 0 aliphatic carbocycles. The van der Waals surface area contributed by atoms with E-state index in [4.69, 9.17) is 16.7 Å². The number of hydrogen-bond donors (Lipinski definition) is 1. The van der Waals surface area contributed by atoms with Crippen LogP contribution in [0.4, 0.5) is 0 Å². The predicted octanol–water partition coefficient (Wildman–Crippen LogP) is 0.672. The first kappa shape index (κ1) is 14.3. The van der Waals surface area contributed by atoms with Gasteiger partial charge in [-0.3, -0.25) is 0 Å². The van der Waals surface area contributed by atoms with Crippen molar-refractivity contribution in [2.45, 2.75) is 13.6 Å². The summed E-state index contributed by atoms with van der Waals surface area (Å²) in [5.41, 5.74) is 0. The van der Waals surface area contributed by atoms with Crippen molar-refractivity contribution in [2.24, 2.45) is 5.14 Å². The zero-order valence-corrected chi connectivity index (χ0v) is 12.2. The Kier molecular flexibility index (Phi) is 3.62. The standard InChI is InChI=1S/C8H6ClN3O4S3/c9-5-1-3-6(4-2-5)18(13,14)7-11-12-8(17-7)19(10,15)16/h1-4H,(H2,10,15,16). The lowest BCUT2D eigenvalue weighted by atomic mass is 10.4. The summed E-state index contributed by atoms with van der Waals surface area (Å²) in [6.45, 7) is 0. The third kappa shape index (κ3) is 2.92. The molecule has 0 fully saturated rings. The molecule has 0 saturated carbocycles. The zero-order chi connectivity index (χ0) is 14.3. The number of rotatable bonds is 3. The van der Waals surface area contributed by atoms with Crippen LogP contribution in [0, 0.1) is 0 Å². The molecule has 7 nitrogen and oxygen atoms in total. The van der Waals surface area contributed by atoms with E-state index >= 15 is 0 Å². The molecule has 0 unspecified atom stereocenters. The Morgan fingerprint density at radius 3 is 2.00 bits per heavy atom. The number of nitrogens with zero attached hydrogens (tertiary/aromatic N) is 2. The van der Waals surface area contributed by atoms with E-state index in [1.54, 1.807) is 0 Å². The van der Waals surface area contributed by atoms with Crippen molar-refractivity contribution < 1.29 is 16.8 Å². The maximum absolute atomic E-state index is 12.1. The number of benzene rings is 1. The number of sulfone groups is 1. The van der Waals surface area contributed by atoms with Crippen LogP contribution < -0.4 is 5.14 Å². The number of nitrogens with two attached hydrogens (primary N) is 1. The molecular formula is C8H6ClN3O4S3. The smallest absolute Gasteiger partial charge is 0.223 e. The van der Waals surface area contributed by atoms with E-state index < -0.39 is 28.5 Å². The first-order chi connectivity index (χ1) is 8.71. The quantitative estimate of drug-likeness (QED) is 0.877. The Hall–Kier alpha value is -1.07. The monoisotopic (exact) mass is 339 g/mol. The molecule has 0 amide bonds. The molecule has 102 valence electrons. The van der Waals surface area contributed by atoms with E-state index in [1.165, 1.54) is 24.3 Å². The lowest BCUT2D eigenvalue weighted by Gasteiger charge is -1.99. The summed E-state index contributed by atoms with van der Waals surface area (Å²) in [5.74, 6) is 0. The topological polar surface area (TPSA) is 120 Å². The van der Waals surface area contributed by atoms with Gasteiger partial charge >= 0.3 is 0 Å². The Morgan fingerprint density at radius 1 is 1.00 bits per heavy atom. The first-order valence-electron chi connectivity index (χ1n) is 4.58. The van der Waals surface area contributed by atoms with Crippen LogP contribution in [0.25, 0.3) is 0 Å². The third-order valence-electron chi connectivity index (χ3n) is 1.99. The van der Waals surface area contributed by atoms with Crippen LogP contribution >= 0.6 is 22.9 Å². The molecule has 19 heavy (non-hydrogen) atoms. The van der Waals surface area contributed by atoms with Crippen molar-refractivity contribution in [1.29, 1.82) is 0 Å². The van der Waals surface area contributed by atoms with Gasteiger partial charge in [0.25, 0.3) is 10.0 Å². The summed E-state index contributed by atoms with van der Waals surface area (Å²) in [7, 11) is -8.00. The normalized spacial score (nSPS) is 12.5. The van der Waals surface area contributed by atoms with Crippen LogP contribution in [0.5, 0.6) is 0 Å². The van der Waals surface area contributed by atoms with Gasteiger partial charge in [-0.05, 0) is 24.3 Å². The van der Waals surface area contributed by atoms with Gasteiger partial charge in [-0.2, -0.15) is 0 Å². The SMILES string of the molecule is NS(=O)(=O)c1nnc(S(=O)(=O)c2ccc(Cl)cc2)s1. The summed E-state index contributed by atoms with van der Waals surface area (Å²) >= 11 is 6.05. The van der Waals surface area contributed by atoms with Gasteiger partial charge in [0, 0.05) is 5.02 Å². The fraction of sp³-hybridized carbons (Fsp3) is 0. The number of sulfonamides is 1. The van der Waals surface area contributed by atoms with E-state index in [0.29, 0.717) is 16.4 Å². The minimum Gasteiger partial charge on any atom is -0.223 e. The van der Waals surface area contributed by atoms with Crippen LogP contribution in [0.2, 0.25) is 5.02 Å². The van der Waals surface area contributed by atoms with Crippen LogP contribution in [-0.4, -0.2) is 27.0 Å². The van der Waals surface area contributed by atoms with Gasteiger partial charge in [0.15, 0.2) is 0 Å².